The van der Waals surface area contributed by atoms with Crippen LogP contribution in [0.5, 0.6) is 5.75 Å². The smallest absolute Gasteiger partial charge is 0.237 e. The zero-order valence-corrected chi connectivity index (χ0v) is 15.6. The Morgan fingerprint density at radius 2 is 2.11 bits per heavy atom. The standard InChI is InChI=1S/C21H23FN4O2/c22-15-11-16(12-23)26(13-15)21(27)14-25-9-6-17(7-10-25)28-20-5-1-4-19-18(20)3-2-8-24-19/h1-5,8,15-17H,6-7,9-11,13-14H2/t15-,16-/m0/s1. The Kier molecular flexibility index (Phi) is 5.40. The first-order valence-electron chi connectivity index (χ1n) is 9.70. The number of pyridine rings is 1. The second-order valence-corrected chi connectivity index (χ2v) is 7.44. The van der Waals surface area contributed by atoms with E-state index in [1.54, 1.807) is 6.20 Å². The van der Waals surface area contributed by atoms with Crippen LogP contribution < -0.4 is 4.74 Å². The second-order valence-electron chi connectivity index (χ2n) is 7.44. The van der Waals surface area contributed by atoms with Crippen LogP contribution in [0.4, 0.5) is 4.39 Å². The molecule has 0 spiro atoms. The Labute approximate surface area is 163 Å². The minimum Gasteiger partial charge on any atom is -0.490 e. The van der Waals surface area contributed by atoms with E-state index in [9.17, 15) is 9.18 Å². The highest BCUT2D eigenvalue weighted by molar-refractivity contribution is 5.84. The Morgan fingerprint density at radius 1 is 1.29 bits per heavy atom. The van der Waals surface area contributed by atoms with E-state index in [1.165, 1.54) is 4.90 Å². The van der Waals surface area contributed by atoms with Crippen LogP contribution >= 0.6 is 0 Å². The van der Waals surface area contributed by atoms with Gasteiger partial charge >= 0.3 is 0 Å². The van der Waals surface area contributed by atoms with Gasteiger partial charge in [0.1, 0.15) is 24.1 Å². The molecule has 1 aromatic heterocycles. The summed E-state index contributed by atoms with van der Waals surface area (Å²) in [6.07, 6.45) is 2.52. The van der Waals surface area contributed by atoms with Gasteiger partial charge in [0.15, 0.2) is 0 Å². The van der Waals surface area contributed by atoms with Gasteiger partial charge in [0, 0.05) is 31.1 Å². The van der Waals surface area contributed by atoms with Crippen molar-refractivity contribution in [2.45, 2.75) is 37.6 Å². The van der Waals surface area contributed by atoms with E-state index in [0.29, 0.717) is 0 Å². The molecule has 0 aliphatic carbocycles. The molecule has 6 nitrogen and oxygen atoms in total. The Hall–Kier alpha value is -2.72. The molecule has 1 aromatic carbocycles. The number of amides is 1. The number of ether oxygens (including phenoxy) is 1. The molecule has 2 atom stereocenters. The lowest BCUT2D eigenvalue weighted by Gasteiger charge is -2.33. The topological polar surface area (TPSA) is 69.5 Å². The lowest BCUT2D eigenvalue weighted by molar-refractivity contribution is -0.133. The van der Waals surface area contributed by atoms with E-state index in [4.69, 9.17) is 10.00 Å². The maximum atomic E-state index is 13.5. The fourth-order valence-corrected chi connectivity index (χ4v) is 4.01. The number of halogens is 1. The lowest BCUT2D eigenvalue weighted by Crippen LogP contribution is -2.46. The monoisotopic (exact) mass is 382 g/mol. The summed E-state index contributed by atoms with van der Waals surface area (Å²) in [5, 5.41) is 10.1. The fraction of sp³-hybridized carbons (Fsp3) is 0.476. The molecule has 7 heteroatoms. The van der Waals surface area contributed by atoms with Crippen LogP contribution in [-0.2, 0) is 4.79 Å². The third-order valence-corrected chi connectivity index (χ3v) is 5.51. The number of nitriles is 1. The van der Waals surface area contributed by atoms with Crippen molar-refractivity contribution in [3.8, 4) is 11.8 Å². The second kappa shape index (κ2) is 8.11. The number of carbonyl (C=O) groups excluding carboxylic acids is 1. The van der Waals surface area contributed by atoms with Gasteiger partial charge < -0.3 is 9.64 Å². The molecule has 0 saturated carbocycles. The van der Waals surface area contributed by atoms with Gasteiger partial charge in [-0.2, -0.15) is 5.26 Å². The maximum absolute atomic E-state index is 13.5. The molecule has 0 unspecified atom stereocenters. The molecule has 2 fully saturated rings. The van der Waals surface area contributed by atoms with E-state index < -0.39 is 12.2 Å². The average molecular weight is 382 g/mol. The zero-order valence-electron chi connectivity index (χ0n) is 15.6. The highest BCUT2D eigenvalue weighted by Gasteiger charge is 2.36. The van der Waals surface area contributed by atoms with Gasteiger partial charge in [-0.1, -0.05) is 6.07 Å². The first kappa shape index (κ1) is 18.6. The molecule has 1 amide bonds. The molecule has 0 N–H and O–H groups in total. The molecule has 146 valence electrons. The van der Waals surface area contributed by atoms with Gasteiger partial charge in [0.05, 0.1) is 24.7 Å². The number of carbonyl (C=O) groups is 1. The van der Waals surface area contributed by atoms with Gasteiger partial charge in [0.25, 0.3) is 0 Å². The SMILES string of the molecule is N#C[C@@H]1C[C@H](F)CN1C(=O)CN1CCC(Oc2cccc3ncccc23)CC1. The third kappa shape index (κ3) is 3.92. The highest BCUT2D eigenvalue weighted by Crippen LogP contribution is 2.27. The molecule has 2 aromatic rings. The number of nitrogens with zero attached hydrogens (tertiary/aromatic N) is 4. The number of piperidine rings is 1. The first-order valence-corrected chi connectivity index (χ1v) is 9.70. The van der Waals surface area contributed by atoms with E-state index in [1.807, 2.05) is 36.4 Å². The summed E-state index contributed by atoms with van der Waals surface area (Å²) < 4.78 is 19.8. The normalized spacial score (nSPS) is 23.6. The predicted octanol–water partition coefficient (Wildman–Crippen LogP) is 2.54. The molecule has 2 aliphatic rings. The van der Waals surface area contributed by atoms with E-state index in [0.717, 1.165) is 42.6 Å². The average Bonchev–Trinajstić information content (AvgIpc) is 3.11. The summed E-state index contributed by atoms with van der Waals surface area (Å²) in [5.41, 5.74) is 0.909. The summed E-state index contributed by atoms with van der Waals surface area (Å²) in [7, 11) is 0. The summed E-state index contributed by atoms with van der Waals surface area (Å²) in [4.78, 5) is 20.3. The molecule has 0 bridgehead atoms. The van der Waals surface area contributed by atoms with Crippen molar-refractivity contribution in [3.05, 3.63) is 36.5 Å². The summed E-state index contributed by atoms with van der Waals surface area (Å²) in [6.45, 7) is 1.74. The first-order chi connectivity index (χ1) is 13.6. The van der Waals surface area contributed by atoms with Crippen LogP contribution in [0.2, 0.25) is 0 Å². The van der Waals surface area contributed by atoms with E-state index in [-0.39, 0.29) is 31.5 Å². The van der Waals surface area contributed by atoms with Crippen LogP contribution in [0.15, 0.2) is 36.5 Å². The van der Waals surface area contributed by atoms with Crippen molar-refractivity contribution in [3.63, 3.8) is 0 Å². The molecular weight excluding hydrogens is 359 g/mol. The zero-order chi connectivity index (χ0) is 19.5. The van der Waals surface area contributed by atoms with Crippen LogP contribution in [0, 0.1) is 11.3 Å². The number of aromatic nitrogens is 1. The summed E-state index contributed by atoms with van der Waals surface area (Å²) in [5.74, 6) is 0.675. The fourth-order valence-electron chi connectivity index (χ4n) is 4.01. The predicted molar refractivity (Wildman–Crippen MR) is 102 cm³/mol. The number of hydrogen-bond acceptors (Lipinski definition) is 5. The van der Waals surface area contributed by atoms with E-state index in [2.05, 4.69) is 9.88 Å². The third-order valence-electron chi connectivity index (χ3n) is 5.51. The molecule has 28 heavy (non-hydrogen) atoms. The van der Waals surface area contributed by atoms with Crippen molar-refractivity contribution in [1.82, 2.24) is 14.8 Å². The van der Waals surface area contributed by atoms with Crippen molar-refractivity contribution in [2.75, 3.05) is 26.2 Å². The molecular formula is C21H23FN4O2. The molecule has 2 aliphatic heterocycles. The molecule has 0 radical (unpaired) electrons. The van der Waals surface area contributed by atoms with Gasteiger partial charge in [-0.15, -0.1) is 0 Å². The Morgan fingerprint density at radius 3 is 2.89 bits per heavy atom. The van der Waals surface area contributed by atoms with Crippen molar-refractivity contribution in [1.29, 1.82) is 5.26 Å². The van der Waals surface area contributed by atoms with Crippen LogP contribution in [0.3, 0.4) is 0 Å². The maximum Gasteiger partial charge on any atom is 0.237 e. The quantitative estimate of drug-likeness (QED) is 0.813. The number of hydrogen-bond donors (Lipinski definition) is 0. The Balaban J connectivity index is 1.31. The lowest BCUT2D eigenvalue weighted by atomic mass is 10.1. The van der Waals surface area contributed by atoms with Gasteiger partial charge in [-0.25, -0.2) is 4.39 Å². The molecule has 2 saturated heterocycles. The highest BCUT2D eigenvalue weighted by atomic mass is 19.1. The Bertz CT molecular complexity index is 886. The van der Waals surface area contributed by atoms with Crippen molar-refractivity contribution >= 4 is 16.8 Å². The summed E-state index contributed by atoms with van der Waals surface area (Å²) >= 11 is 0. The largest absolute Gasteiger partial charge is 0.490 e. The number of rotatable bonds is 4. The van der Waals surface area contributed by atoms with Crippen LogP contribution in [0.25, 0.3) is 10.9 Å². The van der Waals surface area contributed by atoms with Gasteiger partial charge in [-0.3, -0.25) is 14.7 Å². The number of alkyl halides is 1. The minimum absolute atomic E-state index is 0.0335. The number of benzene rings is 1. The minimum atomic E-state index is -1.09. The molecule has 4 rings (SSSR count). The number of likely N-dealkylation sites (tertiary alicyclic amines) is 2. The van der Waals surface area contributed by atoms with Gasteiger partial charge in [0.2, 0.25) is 5.91 Å². The van der Waals surface area contributed by atoms with Crippen LogP contribution in [0.1, 0.15) is 19.3 Å². The van der Waals surface area contributed by atoms with Gasteiger partial charge in [-0.05, 0) is 37.1 Å². The van der Waals surface area contributed by atoms with Crippen molar-refractivity contribution < 1.29 is 13.9 Å². The molecule has 3 heterocycles. The summed E-state index contributed by atoms with van der Waals surface area (Å²) in [6, 6.07) is 11.2. The van der Waals surface area contributed by atoms with Crippen molar-refractivity contribution in [2.24, 2.45) is 0 Å². The van der Waals surface area contributed by atoms with Crippen LogP contribution in [-0.4, -0.2) is 65.2 Å². The number of fused-ring (bicyclic) bond motifs is 1. The van der Waals surface area contributed by atoms with E-state index >= 15 is 0 Å².